The number of amides is 1. The number of aromatic nitrogens is 3. The minimum atomic E-state index is 0.0138. The normalized spacial score (nSPS) is 17.3. The second-order valence-corrected chi connectivity index (χ2v) is 6.66. The zero-order chi connectivity index (χ0) is 17.9. The van der Waals surface area contributed by atoms with Crippen LogP contribution in [-0.4, -0.2) is 45.6 Å². The lowest BCUT2D eigenvalue weighted by Gasteiger charge is -2.34. The van der Waals surface area contributed by atoms with Gasteiger partial charge in [-0.15, -0.1) is 0 Å². The lowest BCUT2D eigenvalue weighted by atomic mass is 10.0. The number of nitrogens with one attached hydrogen (secondary N) is 2. The molecule has 1 fully saturated rings. The van der Waals surface area contributed by atoms with Crippen LogP contribution in [-0.2, 0) is 0 Å². The van der Waals surface area contributed by atoms with Crippen LogP contribution in [0.1, 0.15) is 22.0 Å². The number of piperazine rings is 1. The standard InChI is InChI=1S/C19H18ClN5O/c20-16-6-2-3-13(10-16)17-11-25(8-7-21-17)19(26)15-5-1-4-14(9-15)18-22-12-23-24-18/h1-6,9-10,12,17,21H,7-8,11H2,(H,22,23,24). The van der Waals surface area contributed by atoms with Crippen LogP contribution in [0.5, 0.6) is 0 Å². The minimum Gasteiger partial charge on any atom is -0.335 e. The molecule has 6 nitrogen and oxygen atoms in total. The summed E-state index contributed by atoms with van der Waals surface area (Å²) in [6.07, 6.45) is 1.45. The van der Waals surface area contributed by atoms with E-state index in [9.17, 15) is 4.79 Å². The largest absolute Gasteiger partial charge is 0.335 e. The van der Waals surface area contributed by atoms with Gasteiger partial charge in [0.05, 0.1) is 6.04 Å². The Morgan fingerprint density at radius 1 is 1.19 bits per heavy atom. The average Bonchev–Trinajstić information content (AvgIpc) is 3.22. The Kier molecular flexibility index (Phi) is 4.69. The number of carbonyl (C=O) groups is 1. The highest BCUT2D eigenvalue weighted by Gasteiger charge is 2.25. The van der Waals surface area contributed by atoms with Gasteiger partial charge in [-0.25, -0.2) is 4.98 Å². The van der Waals surface area contributed by atoms with E-state index < -0.39 is 0 Å². The summed E-state index contributed by atoms with van der Waals surface area (Å²) >= 11 is 6.10. The molecule has 0 spiro atoms. The van der Waals surface area contributed by atoms with Gasteiger partial charge in [-0.3, -0.25) is 9.89 Å². The molecule has 2 aromatic carbocycles. The predicted octanol–water partition coefficient (Wildman–Crippen LogP) is 2.91. The van der Waals surface area contributed by atoms with Crippen molar-refractivity contribution < 1.29 is 4.79 Å². The van der Waals surface area contributed by atoms with Gasteiger partial charge >= 0.3 is 0 Å². The molecule has 1 saturated heterocycles. The number of H-pyrrole nitrogens is 1. The van der Waals surface area contributed by atoms with E-state index in [-0.39, 0.29) is 11.9 Å². The predicted molar refractivity (Wildman–Crippen MR) is 99.9 cm³/mol. The molecule has 1 aliphatic rings. The summed E-state index contributed by atoms with van der Waals surface area (Å²) in [7, 11) is 0. The first-order chi connectivity index (χ1) is 12.7. The van der Waals surface area contributed by atoms with E-state index >= 15 is 0 Å². The summed E-state index contributed by atoms with van der Waals surface area (Å²) in [4.78, 5) is 19.0. The Morgan fingerprint density at radius 3 is 2.88 bits per heavy atom. The first kappa shape index (κ1) is 16.8. The van der Waals surface area contributed by atoms with Gasteiger partial charge in [-0.2, -0.15) is 5.10 Å². The highest BCUT2D eigenvalue weighted by atomic mass is 35.5. The topological polar surface area (TPSA) is 73.9 Å². The molecule has 26 heavy (non-hydrogen) atoms. The van der Waals surface area contributed by atoms with Crippen molar-refractivity contribution in [1.82, 2.24) is 25.4 Å². The zero-order valence-corrected chi connectivity index (χ0v) is 14.8. The third kappa shape index (κ3) is 3.47. The molecule has 1 amide bonds. The van der Waals surface area contributed by atoms with Gasteiger partial charge in [0.25, 0.3) is 5.91 Å². The third-order valence-corrected chi connectivity index (χ3v) is 4.75. The van der Waals surface area contributed by atoms with Crippen LogP contribution in [0.2, 0.25) is 5.02 Å². The SMILES string of the molecule is O=C(c1cccc(-c2ncn[nH]2)c1)N1CCNC(c2cccc(Cl)c2)C1. The van der Waals surface area contributed by atoms with Crippen LogP contribution in [0.25, 0.3) is 11.4 Å². The molecule has 0 radical (unpaired) electrons. The van der Waals surface area contributed by atoms with Gasteiger partial charge < -0.3 is 10.2 Å². The van der Waals surface area contributed by atoms with Crippen LogP contribution in [0.3, 0.4) is 0 Å². The van der Waals surface area contributed by atoms with Crippen molar-refractivity contribution in [1.29, 1.82) is 0 Å². The molecule has 3 aromatic rings. The summed E-state index contributed by atoms with van der Waals surface area (Å²) in [5.41, 5.74) is 2.57. The van der Waals surface area contributed by atoms with E-state index in [4.69, 9.17) is 11.6 Å². The summed E-state index contributed by atoms with van der Waals surface area (Å²) in [6, 6.07) is 15.3. The van der Waals surface area contributed by atoms with Crippen molar-refractivity contribution in [2.45, 2.75) is 6.04 Å². The molecule has 0 saturated carbocycles. The maximum atomic E-state index is 13.0. The lowest BCUT2D eigenvalue weighted by molar-refractivity contribution is 0.0703. The highest BCUT2D eigenvalue weighted by Crippen LogP contribution is 2.23. The maximum Gasteiger partial charge on any atom is 0.253 e. The van der Waals surface area contributed by atoms with Crippen LogP contribution in [0, 0.1) is 0 Å². The molecule has 4 rings (SSSR count). The molecular weight excluding hydrogens is 350 g/mol. The maximum absolute atomic E-state index is 13.0. The van der Waals surface area contributed by atoms with E-state index in [1.54, 1.807) is 0 Å². The number of rotatable bonds is 3. The van der Waals surface area contributed by atoms with Crippen LogP contribution in [0.4, 0.5) is 0 Å². The smallest absolute Gasteiger partial charge is 0.253 e. The number of halogens is 1. The van der Waals surface area contributed by atoms with E-state index in [1.807, 2.05) is 53.4 Å². The van der Waals surface area contributed by atoms with Gasteiger partial charge in [0.15, 0.2) is 5.82 Å². The van der Waals surface area contributed by atoms with E-state index in [1.165, 1.54) is 6.33 Å². The van der Waals surface area contributed by atoms with Crippen molar-refractivity contribution in [2.24, 2.45) is 0 Å². The quantitative estimate of drug-likeness (QED) is 0.746. The molecule has 1 unspecified atom stereocenters. The molecule has 2 heterocycles. The molecule has 132 valence electrons. The monoisotopic (exact) mass is 367 g/mol. The molecule has 1 atom stereocenters. The average molecular weight is 368 g/mol. The molecule has 0 aliphatic carbocycles. The van der Waals surface area contributed by atoms with Gasteiger partial charge in [0, 0.05) is 35.8 Å². The second kappa shape index (κ2) is 7.27. The number of benzene rings is 2. The van der Waals surface area contributed by atoms with Gasteiger partial charge in [0.1, 0.15) is 6.33 Å². The first-order valence-corrected chi connectivity index (χ1v) is 8.82. The van der Waals surface area contributed by atoms with E-state index in [0.29, 0.717) is 29.5 Å². The molecular formula is C19H18ClN5O. The Morgan fingerprint density at radius 2 is 2.08 bits per heavy atom. The Labute approximate surface area is 156 Å². The van der Waals surface area contributed by atoms with Gasteiger partial charge in [-0.1, -0.05) is 35.9 Å². The molecule has 1 aliphatic heterocycles. The first-order valence-electron chi connectivity index (χ1n) is 8.44. The van der Waals surface area contributed by atoms with Crippen molar-refractivity contribution in [3.05, 3.63) is 71.0 Å². The number of nitrogens with zero attached hydrogens (tertiary/aromatic N) is 3. The third-order valence-electron chi connectivity index (χ3n) is 4.51. The molecule has 0 bridgehead atoms. The minimum absolute atomic E-state index is 0.0138. The summed E-state index contributed by atoms with van der Waals surface area (Å²) in [5, 5.41) is 10.8. The molecule has 2 N–H and O–H groups in total. The fraction of sp³-hybridized carbons (Fsp3) is 0.211. The summed E-state index contributed by atoms with van der Waals surface area (Å²) < 4.78 is 0. The molecule has 7 heteroatoms. The fourth-order valence-electron chi connectivity index (χ4n) is 3.21. The summed E-state index contributed by atoms with van der Waals surface area (Å²) in [6.45, 7) is 2.01. The van der Waals surface area contributed by atoms with Crippen LogP contribution < -0.4 is 5.32 Å². The Balaban J connectivity index is 1.54. The summed E-state index contributed by atoms with van der Waals surface area (Å²) in [5.74, 6) is 0.664. The van der Waals surface area contributed by atoms with Crippen molar-refractivity contribution in [3.8, 4) is 11.4 Å². The Bertz CT molecular complexity index is 912. The zero-order valence-electron chi connectivity index (χ0n) is 14.0. The second-order valence-electron chi connectivity index (χ2n) is 6.23. The fourth-order valence-corrected chi connectivity index (χ4v) is 3.41. The number of hydrogen-bond acceptors (Lipinski definition) is 4. The number of carbonyl (C=O) groups excluding carboxylic acids is 1. The van der Waals surface area contributed by atoms with E-state index in [0.717, 1.165) is 17.7 Å². The van der Waals surface area contributed by atoms with Crippen LogP contribution >= 0.6 is 11.6 Å². The Hall–Kier alpha value is -2.70. The van der Waals surface area contributed by atoms with Crippen LogP contribution in [0.15, 0.2) is 54.9 Å². The number of hydrogen-bond donors (Lipinski definition) is 2. The number of aromatic amines is 1. The van der Waals surface area contributed by atoms with Gasteiger partial charge in [-0.05, 0) is 29.8 Å². The highest BCUT2D eigenvalue weighted by molar-refractivity contribution is 6.30. The molecule has 1 aromatic heterocycles. The lowest BCUT2D eigenvalue weighted by Crippen LogP contribution is -2.48. The van der Waals surface area contributed by atoms with Crippen molar-refractivity contribution >= 4 is 17.5 Å². The van der Waals surface area contributed by atoms with Gasteiger partial charge in [0.2, 0.25) is 0 Å². The van der Waals surface area contributed by atoms with Crippen molar-refractivity contribution in [2.75, 3.05) is 19.6 Å². The van der Waals surface area contributed by atoms with E-state index in [2.05, 4.69) is 20.5 Å². The van der Waals surface area contributed by atoms with Crippen molar-refractivity contribution in [3.63, 3.8) is 0 Å².